The lowest BCUT2D eigenvalue weighted by atomic mass is 10.1. The predicted molar refractivity (Wildman–Crippen MR) is 48.9 cm³/mol. The highest BCUT2D eigenvalue weighted by molar-refractivity contribution is 5.17. The van der Waals surface area contributed by atoms with Crippen LogP contribution in [0, 0.1) is 12.8 Å². The second-order valence-electron chi connectivity index (χ2n) is 2.20. The highest BCUT2D eigenvalue weighted by Crippen LogP contribution is 2.06. The smallest absolute Gasteiger partial charge is 0.0266 e. The van der Waals surface area contributed by atoms with Crippen molar-refractivity contribution in [1.82, 2.24) is 0 Å². The number of hydrogen-bond donors (Lipinski definition) is 1. The minimum atomic E-state index is 0.159. The Bertz CT molecular complexity index is 199. The summed E-state index contributed by atoms with van der Waals surface area (Å²) < 4.78 is 0. The van der Waals surface area contributed by atoms with Gasteiger partial charge >= 0.3 is 0 Å². The molecule has 0 bridgehead atoms. The number of rotatable bonds is 1. The molecule has 0 spiro atoms. The fourth-order valence-electron chi connectivity index (χ4n) is 0.757. The van der Waals surface area contributed by atoms with Crippen molar-refractivity contribution in [3.05, 3.63) is 35.9 Å². The molecule has 0 aliphatic heterocycles. The topological polar surface area (TPSA) is 26.0 Å². The molecule has 2 N–H and O–H groups in total. The summed E-state index contributed by atoms with van der Waals surface area (Å²) in [5.74, 6) is 0. The van der Waals surface area contributed by atoms with E-state index < -0.39 is 0 Å². The average Bonchev–Trinajstić information content (AvgIpc) is 2.10. The van der Waals surface area contributed by atoms with Crippen molar-refractivity contribution in [3.8, 4) is 12.8 Å². The van der Waals surface area contributed by atoms with Crippen molar-refractivity contribution >= 4 is 0 Å². The summed E-state index contributed by atoms with van der Waals surface area (Å²) in [5, 5.41) is 0. The van der Waals surface area contributed by atoms with E-state index >= 15 is 0 Å². The number of terminal acetylenes is 1. The maximum atomic E-state index is 5.61. The van der Waals surface area contributed by atoms with E-state index in [4.69, 9.17) is 5.73 Å². The minimum absolute atomic E-state index is 0.159. The molecule has 0 saturated carbocycles. The molecule has 1 rings (SSSR count). The van der Waals surface area contributed by atoms with Gasteiger partial charge in [0.1, 0.15) is 0 Å². The summed E-state index contributed by atoms with van der Waals surface area (Å²) in [6.45, 7) is 1.98. The largest absolute Gasteiger partial charge is 0.324 e. The average molecular weight is 147 g/mol. The summed E-state index contributed by atoms with van der Waals surface area (Å²) in [6, 6.07) is 10.2. The van der Waals surface area contributed by atoms with Crippen LogP contribution >= 0.6 is 0 Å². The maximum absolute atomic E-state index is 5.61. The zero-order valence-electron chi connectivity index (χ0n) is 6.70. The molecule has 11 heavy (non-hydrogen) atoms. The van der Waals surface area contributed by atoms with Gasteiger partial charge in [-0.25, -0.2) is 0 Å². The highest BCUT2D eigenvalue weighted by Gasteiger charge is 1.93. The maximum Gasteiger partial charge on any atom is 0.0266 e. The second-order valence-corrected chi connectivity index (χ2v) is 2.20. The van der Waals surface area contributed by atoms with Gasteiger partial charge in [0.15, 0.2) is 0 Å². The third-order valence-corrected chi connectivity index (χ3v) is 1.33. The molecule has 1 heteroatoms. The van der Waals surface area contributed by atoms with Crippen molar-refractivity contribution in [1.29, 1.82) is 0 Å². The van der Waals surface area contributed by atoms with E-state index in [2.05, 4.69) is 12.8 Å². The van der Waals surface area contributed by atoms with Crippen LogP contribution in [0.1, 0.15) is 18.5 Å². The van der Waals surface area contributed by atoms with Crippen molar-refractivity contribution in [2.24, 2.45) is 5.73 Å². The molecule has 1 unspecified atom stereocenters. The quantitative estimate of drug-likeness (QED) is 0.604. The van der Waals surface area contributed by atoms with Crippen LogP contribution in [0.15, 0.2) is 30.3 Å². The molecule has 0 saturated heterocycles. The summed E-state index contributed by atoms with van der Waals surface area (Å²) in [5.41, 5.74) is 6.81. The van der Waals surface area contributed by atoms with Gasteiger partial charge in [0.25, 0.3) is 0 Å². The first kappa shape index (κ1) is 9.74. The van der Waals surface area contributed by atoms with Crippen LogP contribution in [0.3, 0.4) is 0 Å². The van der Waals surface area contributed by atoms with Crippen LogP contribution in [0.5, 0.6) is 0 Å². The highest BCUT2D eigenvalue weighted by atomic mass is 14.6. The fraction of sp³-hybridized carbons (Fsp3) is 0.200. The zero-order valence-corrected chi connectivity index (χ0v) is 6.70. The Morgan fingerprint density at radius 1 is 1.18 bits per heavy atom. The Kier molecular flexibility index (Phi) is 4.89. The van der Waals surface area contributed by atoms with Crippen molar-refractivity contribution in [2.75, 3.05) is 0 Å². The zero-order chi connectivity index (χ0) is 8.69. The van der Waals surface area contributed by atoms with Crippen LogP contribution in [0.2, 0.25) is 0 Å². The van der Waals surface area contributed by atoms with E-state index in [1.807, 2.05) is 37.3 Å². The molecule has 0 amide bonds. The van der Waals surface area contributed by atoms with Crippen LogP contribution < -0.4 is 5.73 Å². The van der Waals surface area contributed by atoms with Crippen molar-refractivity contribution < 1.29 is 0 Å². The molecule has 1 aromatic rings. The number of nitrogens with two attached hydrogens (primary N) is 1. The van der Waals surface area contributed by atoms with Gasteiger partial charge < -0.3 is 5.73 Å². The SMILES string of the molecule is C#C.CC(N)c1ccccc1. The van der Waals surface area contributed by atoms with E-state index in [9.17, 15) is 0 Å². The van der Waals surface area contributed by atoms with E-state index in [1.165, 1.54) is 5.56 Å². The lowest BCUT2D eigenvalue weighted by Gasteiger charge is -2.02. The Morgan fingerprint density at radius 2 is 1.64 bits per heavy atom. The third-order valence-electron chi connectivity index (χ3n) is 1.33. The van der Waals surface area contributed by atoms with Crippen LogP contribution in [0.4, 0.5) is 0 Å². The molecule has 58 valence electrons. The monoisotopic (exact) mass is 147 g/mol. The van der Waals surface area contributed by atoms with E-state index in [0.29, 0.717) is 0 Å². The Labute approximate surface area is 68.2 Å². The molecule has 0 aromatic heterocycles. The molecule has 0 heterocycles. The van der Waals surface area contributed by atoms with Gasteiger partial charge in [-0.05, 0) is 12.5 Å². The van der Waals surface area contributed by atoms with Gasteiger partial charge in [0, 0.05) is 6.04 Å². The standard InChI is InChI=1S/C8H11N.C2H2/c1-7(9)8-5-3-2-4-6-8;1-2/h2-7H,9H2,1H3;1-2H. The summed E-state index contributed by atoms with van der Waals surface area (Å²) in [7, 11) is 0. The molecule has 1 nitrogen and oxygen atoms in total. The molecule has 0 fully saturated rings. The van der Waals surface area contributed by atoms with E-state index in [0.717, 1.165) is 0 Å². The first-order valence-electron chi connectivity index (χ1n) is 3.44. The minimum Gasteiger partial charge on any atom is -0.324 e. The molecule has 1 aromatic carbocycles. The third kappa shape index (κ3) is 3.44. The van der Waals surface area contributed by atoms with Gasteiger partial charge in [-0.15, -0.1) is 12.8 Å². The van der Waals surface area contributed by atoms with Crippen molar-refractivity contribution in [3.63, 3.8) is 0 Å². The first-order chi connectivity index (χ1) is 5.30. The molecule has 0 aliphatic rings. The van der Waals surface area contributed by atoms with Gasteiger partial charge in [0.2, 0.25) is 0 Å². The molecule has 0 radical (unpaired) electrons. The Morgan fingerprint density at radius 3 is 1.91 bits per heavy atom. The lowest BCUT2D eigenvalue weighted by molar-refractivity contribution is 0.818. The van der Waals surface area contributed by atoms with Crippen LogP contribution in [-0.2, 0) is 0 Å². The van der Waals surface area contributed by atoms with Gasteiger partial charge in [-0.3, -0.25) is 0 Å². The van der Waals surface area contributed by atoms with E-state index in [-0.39, 0.29) is 6.04 Å². The summed E-state index contributed by atoms with van der Waals surface area (Å²) >= 11 is 0. The summed E-state index contributed by atoms with van der Waals surface area (Å²) in [6.07, 6.45) is 8.00. The molecular weight excluding hydrogens is 134 g/mol. The fourth-order valence-corrected chi connectivity index (χ4v) is 0.757. The van der Waals surface area contributed by atoms with Gasteiger partial charge in [-0.2, -0.15) is 0 Å². The number of benzene rings is 1. The normalized spacial score (nSPS) is 10.9. The van der Waals surface area contributed by atoms with Gasteiger partial charge in [0.05, 0.1) is 0 Å². The summed E-state index contributed by atoms with van der Waals surface area (Å²) in [4.78, 5) is 0. The second kappa shape index (κ2) is 5.52. The Hall–Kier alpha value is -1.26. The van der Waals surface area contributed by atoms with Crippen molar-refractivity contribution in [2.45, 2.75) is 13.0 Å². The van der Waals surface area contributed by atoms with E-state index in [1.54, 1.807) is 0 Å². The number of hydrogen-bond acceptors (Lipinski definition) is 1. The Balaban J connectivity index is 0.000000461. The lowest BCUT2D eigenvalue weighted by Crippen LogP contribution is -2.03. The molecular formula is C10H13N. The molecule has 1 atom stereocenters. The van der Waals surface area contributed by atoms with Crippen LogP contribution in [-0.4, -0.2) is 0 Å². The van der Waals surface area contributed by atoms with Gasteiger partial charge in [-0.1, -0.05) is 30.3 Å². The predicted octanol–water partition coefficient (Wildman–Crippen LogP) is 1.96. The van der Waals surface area contributed by atoms with Crippen LogP contribution in [0.25, 0.3) is 0 Å². The molecule has 0 aliphatic carbocycles. The first-order valence-corrected chi connectivity index (χ1v) is 3.44.